The minimum atomic E-state index is 1.19. The highest BCUT2D eigenvalue weighted by molar-refractivity contribution is 5.04. The Balaban J connectivity index is 1.65. The molecule has 0 aliphatic heterocycles. The van der Waals surface area contributed by atoms with Crippen molar-refractivity contribution >= 4 is 0 Å². The SMILES string of the molecule is C1CCC(C2C3CCCC32)C1. The summed E-state index contributed by atoms with van der Waals surface area (Å²) in [6.07, 6.45) is 11.0. The van der Waals surface area contributed by atoms with E-state index in [0.29, 0.717) is 0 Å². The summed E-state index contributed by atoms with van der Waals surface area (Å²) in [7, 11) is 0. The van der Waals surface area contributed by atoms with Crippen molar-refractivity contribution in [1.82, 2.24) is 0 Å². The van der Waals surface area contributed by atoms with E-state index in [4.69, 9.17) is 0 Å². The van der Waals surface area contributed by atoms with Gasteiger partial charge in [0, 0.05) is 0 Å². The van der Waals surface area contributed by atoms with Crippen LogP contribution in [0.3, 0.4) is 0 Å². The van der Waals surface area contributed by atoms with E-state index in [-0.39, 0.29) is 0 Å². The second-order valence-corrected chi connectivity index (χ2v) is 4.88. The number of fused-ring (bicyclic) bond motifs is 1. The normalized spacial score (nSPS) is 49.6. The zero-order valence-electron chi connectivity index (χ0n) is 7.26. The Morgan fingerprint density at radius 3 is 1.91 bits per heavy atom. The van der Waals surface area contributed by atoms with E-state index in [1.807, 2.05) is 0 Å². The summed E-state index contributed by atoms with van der Waals surface area (Å²) in [5.74, 6) is 4.85. The standard InChI is InChI=1S/C11H18/c1-2-5-8(4-1)11-9-6-3-7-10(9)11/h8-11H,1-7H2. The molecule has 0 heteroatoms. The van der Waals surface area contributed by atoms with Crippen LogP contribution in [-0.2, 0) is 0 Å². The summed E-state index contributed by atoms with van der Waals surface area (Å²) in [6.45, 7) is 0. The third-order valence-corrected chi connectivity index (χ3v) is 4.42. The van der Waals surface area contributed by atoms with Gasteiger partial charge < -0.3 is 0 Å². The van der Waals surface area contributed by atoms with Gasteiger partial charge in [0.15, 0.2) is 0 Å². The average molecular weight is 150 g/mol. The summed E-state index contributed by atoms with van der Waals surface area (Å²) in [4.78, 5) is 0. The molecule has 62 valence electrons. The molecular formula is C11H18. The summed E-state index contributed by atoms with van der Waals surface area (Å²) < 4.78 is 0. The maximum Gasteiger partial charge on any atom is -0.0324 e. The highest BCUT2D eigenvalue weighted by atomic mass is 14.6. The monoisotopic (exact) mass is 150 g/mol. The molecular weight excluding hydrogens is 132 g/mol. The van der Waals surface area contributed by atoms with Crippen LogP contribution in [0.4, 0.5) is 0 Å². The molecule has 3 aliphatic carbocycles. The maximum atomic E-state index is 1.59. The van der Waals surface area contributed by atoms with E-state index in [0.717, 1.165) is 0 Å². The molecule has 3 fully saturated rings. The van der Waals surface area contributed by atoms with Crippen LogP contribution >= 0.6 is 0 Å². The molecule has 11 heavy (non-hydrogen) atoms. The second kappa shape index (κ2) is 2.24. The molecule has 0 aromatic carbocycles. The number of rotatable bonds is 1. The predicted octanol–water partition coefficient (Wildman–Crippen LogP) is 3.22. The molecule has 3 aliphatic rings. The Kier molecular flexibility index (Phi) is 1.33. The molecule has 0 saturated heterocycles. The molecule has 0 spiro atoms. The van der Waals surface area contributed by atoms with E-state index in [1.54, 1.807) is 44.9 Å². The quantitative estimate of drug-likeness (QED) is 0.538. The molecule has 0 amide bonds. The Morgan fingerprint density at radius 1 is 0.636 bits per heavy atom. The third-order valence-electron chi connectivity index (χ3n) is 4.42. The molecule has 0 aromatic heterocycles. The minimum absolute atomic E-state index is 1.19. The van der Waals surface area contributed by atoms with Gasteiger partial charge in [0.2, 0.25) is 0 Å². The lowest BCUT2D eigenvalue weighted by Gasteiger charge is -2.09. The lowest BCUT2D eigenvalue weighted by molar-refractivity contribution is 0.404. The van der Waals surface area contributed by atoms with Crippen molar-refractivity contribution in [1.29, 1.82) is 0 Å². The fraction of sp³-hybridized carbons (Fsp3) is 1.00. The molecule has 0 bridgehead atoms. The van der Waals surface area contributed by atoms with Crippen molar-refractivity contribution in [2.24, 2.45) is 23.7 Å². The van der Waals surface area contributed by atoms with Crippen LogP contribution in [0.2, 0.25) is 0 Å². The fourth-order valence-corrected chi connectivity index (χ4v) is 3.92. The summed E-state index contributed by atoms with van der Waals surface area (Å²) >= 11 is 0. The van der Waals surface area contributed by atoms with Gasteiger partial charge in [-0.2, -0.15) is 0 Å². The molecule has 0 aromatic rings. The van der Waals surface area contributed by atoms with E-state index < -0.39 is 0 Å². The fourth-order valence-electron chi connectivity index (χ4n) is 3.92. The number of hydrogen-bond donors (Lipinski definition) is 0. The van der Waals surface area contributed by atoms with Crippen LogP contribution in [0.25, 0.3) is 0 Å². The zero-order valence-corrected chi connectivity index (χ0v) is 7.26. The number of hydrogen-bond acceptors (Lipinski definition) is 0. The second-order valence-electron chi connectivity index (χ2n) is 4.88. The van der Waals surface area contributed by atoms with Crippen molar-refractivity contribution < 1.29 is 0 Å². The summed E-state index contributed by atoms with van der Waals surface area (Å²) in [5, 5.41) is 0. The van der Waals surface area contributed by atoms with Crippen LogP contribution in [0.15, 0.2) is 0 Å². The largest absolute Gasteiger partial charge is 0.0530 e. The van der Waals surface area contributed by atoms with E-state index in [2.05, 4.69) is 0 Å². The van der Waals surface area contributed by atoms with Gasteiger partial charge in [-0.25, -0.2) is 0 Å². The zero-order chi connectivity index (χ0) is 7.26. The van der Waals surface area contributed by atoms with Crippen LogP contribution in [-0.4, -0.2) is 0 Å². The lowest BCUT2D eigenvalue weighted by Crippen LogP contribution is -2.01. The van der Waals surface area contributed by atoms with Crippen LogP contribution < -0.4 is 0 Å². The minimum Gasteiger partial charge on any atom is -0.0530 e. The van der Waals surface area contributed by atoms with Gasteiger partial charge in [0.25, 0.3) is 0 Å². The first kappa shape index (κ1) is 6.51. The Hall–Kier alpha value is 0. The van der Waals surface area contributed by atoms with Crippen molar-refractivity contribution in [2.45, 2.75) is 44.9 Å². The highest BCUT2D eigenvalue weighted by Crippen LogP contribution is 2.63. The van der Waals surface area contributed by atoms with Crippen LogP contribution in [0.5, 0.6) is 0 Å². The van der Waals surface area contributed by atoms with Gasteiger partial charge in [0.1, 0.15) is 0 Å². The van der Waals surface area contributed by atoms with Gasteiger partial charge in [0.05, 0.1) is 0 Å². The molecule has 2 atom stereocenters. The molecule has 3 saturated carbocycles. The van der Waals surface area contributed by atoms with Gasteiger partial charge in [-0.15, -0.1) is 0 Å². The van der Waals surface area contributed by atoms with Crippen molar-refractivity contribution in [2.75, 3.05) is 0 Å². The predicted molar refractivity (Wildman–Crippen MR) is 46.3 cm³/mol. The van der Waals surface area contributed by atoms with E-state index in [1.165, 1.54) is 23.7 Å². The van der Waals surface area contributed by atoms with Gasteiger partial charge >= 0.3 is 0 Å². The van der Waals surface area contributed by atoms with E-state index in [9.17, 15) is 0 Å². The first-order valence-corrected chi connectivity index (χ1v) is 5.47. The van der Waals surface area contributed by atoms with Crippen LogP contribution in [0.1, 0.15) is 44.9 Å². The molecule has 3 rings (SSSR count). The molecule has 0 heterocycles. The van der Waals surface area contributed by atoms with Gasteiger partial charge in [-0.1, -0.05) is 32.1 Å². The third kappa shape index (κ3) is 0.878. The van der Waals surface area contributed by atoms with Gasteiger partial charge in [-0.05, 0) is 36.5 Å². The highest BCUT2D eigenvalue weighted by Gasteiger charge is 2.55. The average Bonchev–Trinajstić information content (AvgIpc) is 2.57. The molecule has 0 N–H and O–H groups in total. The first-order chi connectivity index (χ1) is 5.47. The Labute approximate surface area is 69.4 Å². The van der Waals surface area contributed by atoms with Gasteiger partial charge in [-0.3, -0.25) is 0 Å². The van der Waals surface area contributed by atoms with Crippen molar-refractivity contribution in [3.63, 3.8) is 0 Å². The van der Waals surface area contributed by atoms with Crippen molar-refractivity contribution in [3.8, 4) is 0 Å². The summed E-state index contributed by atoms with van der Waals surface area (Å²) in [5.41, 5.74) is 0. The maximum absolute atomic E-state index is 1.59. The Morgan fingerprint density at radius 2 is 1.27 bits per heavy atom. The lowest BCUT2D eigenvalue weighted by atomic mass is 9.96. The first-order valence-electron chi connectivity index (χ1n) is 5.47. The molecule has 2 unspecified atom stereocenters. The van der Waals surface area contributed by atoms with E-state index >= 15 is 0 Å². The van der Waals surface area contributed by atoms with Crippen molar-refractivity contribution in [3.05, 3.63) is 0 Å². The molecule has 0 nitrogen and oxygen atoms in total. The topological polar surface area (TPSA) is 0 Å². The summed E-state index contributed by atoms with van der Waals surface area (Å²) in [6, 6.07) is 0. The smallest absolute Gasteiger partial charge is 0.0324 e. The molecule has 0 radical (unpaired) electrons. The van der Waals surface area contributed by atoms with Crippen LogP contribution in [0, 0.1) is 23.7 Å². The Bertz CT molecular complexity index is 145.